The average molecular weight is 431 g/mol. The van der Waals surface area contributed by atoms with E-state index in [1.165, 1.54) is 37.7 Å². The first-order valence-electron chi connectivity index (χ1n) is 10.2. The number of anilines is 2. The van der Waals surface area contributed by atoms with Crippen molar-refractivity contribution in [3.8, 4) is 0 Å². The Morgan fingerprint density at radius 1 is 1.00 bits per heavy atom. The van der Waals surface area contributed by atoms with Crippen LogP contribution in [0.5, 0.6) is 0 Å². The largest absolute Gasteiger partial charge is 0.374 e. The maximum absolute atomic E-state index is 12.5. The zero-order chi connectivity index (χ0) is 21.6. The molecule has 2 N–H and O–H groups in total. The van der Waals surface area contributed by atoms with E-state index < -0.39 is 10.0 Å². The molecule has 2 aromatic carbocycles. The number of benzene rings is 2. The maximum Gasteiger partial charge on any atom is 0.242 e. The first-order valence-corrected chi connectivity index (χ1v) is 11.7. The first-order chi connectivity index (χ1) is 14.4. The molecule has 1 saturated heterocycles. The second-order valence-corrected chi connectivity index (χ2v) is 9.71. The van der Waals surface area contributed by atoms with Crippen LogP contribution in [0.3, 0.4) is 0 Å². The Labute approximate surface area is 179 Å². The Balaban J connectivity index is 1.61. The third-order valence-corrected chi connectivity index (χ3v) is 7.16. The highest BCUT2D eigenvalue weighted by atomic mass is 32.2. The van der Waals surface area contributed by atoms with Crippen molar-refractivity contribution in [3.05, 3.63) is 54.1 Å². The highest BCUT2D eigenvalue weighted by molar-refractivity contribution is 7.89. The van der Waals surface area contributed by atoms with Gasteiger partial charge < -0.3 is 15.5 Å². The van der Waals surface area contributed by atoms with Gasteiger partial charge in [0, 0.05) is 33.7 Å². The van der Waals surface area contributed by atoms with Gasteiger partial charge in [-0.3, -0.25) is 4.79 Å². The van der Waals surface area contributed by atoms with Gasteiger partial charge in [-0.25, -0.2) is 12.7 Å². The molecule has 0 spiro atoms. The van der Waals surface area contributed by atoms with Gasteiger partial charge >= 0.3 is 0 Å². The number of hydrogen-bond donors (Lipinski definition) is 2. The van der Waals surface area contributed by atoms with Crippen molar-refractivity contribution in [1.29, 1.82) is 0 Å². The summed E-state index contributed by atoms with van der Waals surface area (Å²) >= 11 is 0. The molecule has 8 heteroatoms. The minimum Gasteiger partial charge on any atom is -0.374 e. The second kappa shape index (κ2) is 9.95. The lowest BCUT2D eigenvalue weighted by molar-refractivity contribution is -0.119. The minimum atomic E-state index is -3.57. The third-order valence-electron chi connectivity index (χ3n) is 5.25. The molecule has 1 heterocycles. The molecule has 2 aromatic rings. The van der Waals surface area contributed by atoms with Crippen molar-refractivity contribution in [2.24, 2.45) is 0 Å². The predicted octanol–water partition coefficient (Wildman–Crippen LogP) is 2.66. The van der Waals surface area contributed by atoms with E-state index in [0.29, 0.717) is 5.56 Å². The lowest BCUT2D eigenvalue weighted by atomic mass is 10.1. The van der Waals surface area contributed by atoms with Gasteiger partial charge in [-0.2, -0.15) is 0 Å². The quantitative estimate of drug-likeness (QED) is 0.673. The van der Waals surface area contributed by atoms with E-state index in [-0.39, 0.29) is 23.9 Å². The molecule has 0 atom stereocenters. The SMILES string of the molecule is CN(C)S(=O)(=O)c1ccccc1CNC(=O)CNc1ccccc1N1CCCCC1. The highest BCUT2D eigenvalue weighted by Gasteiger charge is 2.21. The van der Waals surface area contributed by atoms with Crippen LogP contribution in [-0.4, -0.2) is 52.4 Å². The van der Waals surface area contributed by atoms with E-state index in [1.54, 1.807) is 24.3 Å². The molecule has 0 unspecified atom stereocenters. The monoisotopic (exact) mass is 430 g/mol. The van der Waals surface area contributed by atoms with Crippen molar-refractivity contribution >= 4 is 27.3 Å². The summed E-state index contributed by atoms with van der Waals surface area (Å²) in [6.45, 7) is 2.33. The molecule has 0 aromatic heterocycles. The Morgan fingerprint density at radius 3 is 2.40 bits per heavy atom. The topological polar surface area (TPSA) is 81.8 Å². The number of nitrogens with zero attached hydrogens (tertiary/aromatic N) is 2. The zero-order valence-electron chi connectivity index (χ0n) is 17.6. The van der Waals surface area contributed by atoms with Crippen LogP contribution in [0.4, 0.5) is 11.4 Å². The van der Waals surface area contributed by atoms with E-state index >= 15 is 0 Å². The summed E-state index contributed by atoms with van der Waals surface area (Å²) in [5.41, 5.74) is 2.62. The van der Waals surface area contributed by atoms with Crippen LogP contribution in [-0.2, 0) is 21.4 Å². The van der Waals surface area contributed by atoms with Crippen molar-refractivity contribution in [3.63, 3.8) is 0 Å². The molecule has 162 valence electrons. The zero-order valence-corrected chi connectivity index (χ0v) is 18.4. The van der Waals surface area contributed by atoms with Crippen molar-refractivity contribution in [1.82, 2.24) is 9.62 Å². The molecule has 7 nitrogen and oxygen atoms in total. The van der Waals surface area contributed by atoms with Gasteiger partial charge in [-0.05, 0) is 43.0 Å². The van der Waals surface area contributed by atoms with Gasteiger partial charge in [0.2, 0.25) is 15.9 Å². The maximum atomic E-state index is 12.5. The first kappa shape index (κ1) is 22.1. The summed E-state index contributed by atoms with van der Waals surface area (Å²) < 4.78 is 26.2. The van der Waals surface area contributed by atoms with Crippen LogP contribution in [0.1, 0.15) is 24.8 Å². The fourth-order valence-electron chi connectivity index (χ4n) is 3.56. The molecule has 0 radical (unpaired) electrons. The number of para-hydroxylation sites is 2. The van der Waals surface area contributed by atoms with Gasteiger partial charge in [0.1, 0.15) is 0 Å². The summed E-state index contributed by atoms with van der Waals surface area (Å²) in [5, 5.41) is 6.05. The number of amides is 1. The minimum absolute atomic E-state index is 0.119. The van der Waals surface area contributed by atoms with Crippen LogP contribution < -0.4 is 15.5 Å². The summed E-state index contributed by atoms with van der Waals surface area (Å²) in [4.78, 5) is 15.0. The number of rotatable bonds is 8. The fraction of sp³-hybridized carbons (Fsp3) is 0.409. The van der Waals surface area contributed by atoms with E-state index in [1.807, 2.05) is 18.2 Å². The molecular formula is C22H30N4O3S. The summed E-state index contributed by atoms with van der Waals surface area (Å²) in [5.74, 6) is -0.194. The number of nitrogens with one attached hydrogen (secondary N) is 2. The standard InChI is InChI=1S/C22H30N4O3S/c1-25(2)30(28,29)21-13-7-4-10-18(21)16-24-22(27)17-23-19-11-5-6-12-20(19)26-14-8-3-9-15-26/h4-7,10-13,23H,3,8-9,14-17H2,1-2H3,(H,24,27). The van der Waals surface area contributed by atoms with Crippen LogP contribution in [0.15, 0.2) is 53.4 Å². The van der Waals surface area contributed by atoms with Gasteiger partial charge in [-0.1, -0.05) is 30.3 Å². The molecule has 1 aliphatic rings. The molecule has 0 bridgehead atoms. The van der Waals surface area contributed by atoms with Gasteiger partial charge in [0.15, 0.2) is 0 Å². The molecule has 3 rings (SSSR count). The van der Waals surface area contributed by atoms with E-state index in [0.717, 1.165) is 24.5 Å². The highest BCUT2D eigenvalue weighted by Crippen LogP contribution is 2.28. The lowest BCUT2D eigenvalue weighted by Gasteiger charge is -2.30. The number of sulfonamides is 1. The van der Waals surface area contributed by atoms with Crippen molar-refractivity contribution < 1.29 is 13.2 Å². The summed E-state index contributed by atoms with van der Waals surface area (Å²) in [7, 11) is -0.579. The fourth-order valence-corrected chi connectivity index (χ4v) is 4.68. The number of carbonyl (C=O) groups is 1. The van der Waals surface area contributed by atoms with Crippen molar-refractivity contribution in [2.75, 3.05) is 43.9 Å². The van der Waals surface area contributed by atoms with Crippen LogP contribution in [0.2, 0.25) is 0 Å². The molecule has 0 aliphatic carbocycles. The predicted molar refractivity (Wildman–Crippen MR) is 120 cm³/mol. The van der Waals surface area contributed by atoms with Gasteiger partial charge in [0.05, 0.1) is 22.8 Å². The lowest BCUT2D eigenvalue weighted by Crippen LogP contribution is -2.32. The molecular weight excluding hydrogens is 400 g/mol. The molecule has 1 aliphatic heterocycles. The smallest absolute Gasteiger partial charge is 0.242 e. The summed E-state index contributed by atoms with van der Waals surface area (Å²) in [6.07, 6.45) is 3.63. The molecule has 0 saturated carbocycles. The Bertz CT molecular complexity index is 970. The average Bonchev–Trinajstić information content (AvgIpc) is 2.77. The third kappa shape index (κ3) is 5.31. The number of piperidine rings is 1. The second-order valence-electron chi connectivity index (χ2n) is 7.59. The molecule has 30 heavy (non-hydrogen) atoms. The van der Waals surface area contributed by atoms with Crippen LogP contribution >= 0.6 is 0 Å². The normalized spacial score (nSPS) is 14.6. The van der Waals surface area contributed by atoms with Gasteiger partial charge in [-0.15, -0.1) is 0 Å². The number of hydrogen-bond acceptors (Lipinski definition) is 5. The Kier molecular flexibility index (Phi) is 7.33. The van der Waals surface area contributed by atoms with E-state index in [9.17, 15) is 13.2 Å². The molecule has 1 amide bonds. The molecule has 1 fully saturated rings. The Hall–Kier alpha value is -2.58. The van der Waals surface area contributed by atoms with Gasteiger partial charge in [0.25, 0.3) is 0 Å². The van der Waals surface area contributed by atoms with Crippen molar-refractivity contribution in [2.45, 2.75) is 30.7 Å². The summed E-state index contributed by atoms with van der Waals surface area (Å²) in [6, 6.07) is 14.8. The van der Waals surface area contributed by atoms with Crippen LogP contribution in [0, 0.1) is 0 Å². The number of carbonyl (C=O) groups excluding carboxylic acids is 1. The Morgan fingerprint density at radius 2 is 1.67 bits per heavy atom. The van der Waals surface area contributed by atoms with Crippen LogP contribution in [0.25, 0.3) is 0 Å². The van der Waals surface area contributed by atoms with E-state index in [2.05, 4.69) is 21.6 Å². The van der Waals surface area contributed by atoms with E-state index in [4.69, 9.17) is 0 Å².